The van der Waals surface area contributed by atoms with E-state index in [0.717, 1.165) is 36.1 Å². The van der Waals surface area contributed by atoms with Gasteiger partial charge in [-0.2, -0.15) is 0 Å². The molecule has 1 heterocycles. The van der Waals surface area contributed by atoms with Crippen molar-refractivity contribution in [2.45, 2.75) is 46.1 Å². The molecule has 2 aromatic carbocycles. The van der Waals surface area contributed by atoms with Gasteiger partial charge in [0.25, 0.3) is 0 Å². The highest BCUT2D eigenvalue weighted by atomic mass is 35.5. The number of likely N-dealkylation sites (N-methyl/N-ethyl adjacent to an activating group) is 1. The molecule has 2 atom stereocenters. The molecule has 0 aromatic heterocycles. The predicted molar refractivity (Wildman–Crippen MR) is 156 cm³/mol. The van der Waals surface area contributed by atoms with E-state index >= 15 is 0 Å². The average Bonchev–Trinajstić information content (AvgIpc) is 2.92. The number of fused-ring (bicyclic) bond motifs is 1. The van der Waals surface area contributed by atoms with Gasteiger partial charge in [0, 0.05) is 20.1 Å². The van der Waals surface area contributed by atoms with E-state index in [0.29, 0.717) is 29.7 Å². The lowest BCUT2D eigenvalue weighted by molar-refractivity contribution is -0.137. The van der Waals surface area contributed by atoms with Crippen LogP contribution in [0.4, 0.5) is 0 Å². The molecule has 214 valence electrons. The van der Waals surface area contributed by atoms with Gasteiger partial charge in [-0.25, -0.2) is 0 Å². The fraction of sp³-hybridized carbons (Fsp3) is 0.483. The van der Waals surface area contributed by atoms with Crippen LogP contribution in [0.1, 0.15) is 37.8 Å². The van der Waals surface area contributed by atoms with Gasteiger partial charge in [0.15, 0.2) is 0 Å². The molecule has 0 saturated carbocycles. The Morgan fingerprint density at radius 3 is 2.46 bits per heavy atom. The molecule has 0 bridgehead atoms. The van der Waals surface area contributed by atoms with Crippen molar-refractivity contribution in [1.29, 1.82) is 0 Å². The molecule has 10 heteroatoms. The molecule has 3 rings (SSSR count). The van der Waals surface area contributed by atoms with E-state index in [9.17, 15) is 14.4 Å². The fourth-order valence-electron chi connectivity index (χ4n) is 3.93. The lowest BCUT2D eigenvalue weighted by atomic mass is 9.98. The maximum atomic E-state index is 12.9. The van der Waals surface area contributed by atoms with Crippen LogP contribution < -0.4 is 20.7 Å². The van der Waals surface area contributed by atoms with Crippen LogP contribution in [0.5, 0.6) is 5.75 Å². The van der Waals surface area contributed by atoms with Crippen molar-refractivity contribution < 1.29 is 19.1 Å². The molecule has 3 amide bonds. The SMILES string of the molecule is CCC(C)C1NCCOc2ccccc2CCCNC(=O)CNC(=O)CN(C)C1=O.Cc1ccc(Cl)c(Cl)c1. The Morgan fingerprint density at radius 2 is 1.77 bits per heavy atom. The molecular weight excluding hydrogens is 539 g/mol. The number of carbonyl (C=O) groups is 3. The number of benzene rings is 2. The summed E-state index contributed by atoms with van der Waals surface area (Å²) < 4.78 is 5.96. The minimum Gasteiger partial charge on any atom is -0.492 e. The Kier molecular flexibility index (Phi) is 14.1. The number of nitrogens with one attached hydrogen (secondary N) is 3. The van der Waals surface area contributed by atoms with Crippen LogP contribution in [0.2, 0.25) is 10.0 Å². The lowest BCUT2D eigenvalue weighted by Crippen LogP contribution is -2.52. The Labute approximate surface area is 241 Å². The third-order valence-corrected chi connectivity index (χ3v) is 7.14. The number of para-hydroxylation sites is 1. The van der Waals surface area contributed by atoms with Crippen molar-refractivity contribution in [3.8, 4) is 5.75 Å². The Morgan fingerprint density at radius 1 is 1.03 bits per heavy atom. The van der Waals surface area contributed by atoms with Crippen molar-refractivity contribution in [3.63, 3.8) is 0 Å². The van der Waals surface area contributed by atoms with Gasteiger partial charge in [0.1, 0.15) is 12.4 Å². The highest BCUT2D eigenvalue weighted by Crippen LogP contribution is 2.22. The maximum Gasteiger partial charge on any atom is 0.240 e. The zero-order valence-electron chi connectivity index (χ0n) is 23.2. The molecule has 0 aliphatic carbocycles. The number of amides is 3. The van der Waals surface area contributed by atoms with Crippen LogP contribution in [0.25, 0.3) is 0 Å². The first-order chi connectivity index (χ1) is 18.6. The summed E-state index contributed by atoms with van der Waals surface area (Å²) in [5.74, 6) is 0.170. The zero-order valence-corrected chi connectivity index (χ0v) is 24.7. The summed E-state index contributed by atoms with van der Waals surface area (Å²) in [6.07, 6.45) is 2.37. The second-order valence-corrected chi connectivity index (χ2v) is 10.4. The Balaban J connectivity index is 0.000000499. The second kappa shape index (κ2) is 17.0. The summed E-state index contributed by atoms with van der Waals surface area (Å²) >= 11 is 11.3. The minimum absolute atomic E-state index is 0.0927. The normalized spacial score (nSPS) is 18.7. The highest BCUT2D eigenvalue weighted by Gasteiger charge is 2.27. The van der Waals surface area contributed by atoms with Crippen LogP contribution in [-0.4, -0.2) is 68.5 Å². The third kappa shape index (κ3) is 11.4. The van der Waals surface area contributed by atoms with E-state index in [2.05, 4.69) is 16.0 Å². The van der Waals surface area contributed by atoms with Crippen LogP contribution in [0.15, 0.2) is 42.5 Å². The van der Waals surface area contributed by atoms with E-state index in [1.807, 2.05) is 57.2 Å². The van der Waals surface area contributed by atoms with Crippen molar-refractivity contribution in [1.82, 2.24) is 20.9 Å². The van der Waals surface area contributed by atoms with Gasteiger partial charge in [-0.3, -0.25) is 14.4 Å². The largest absolute Gasteiger partial charge is 0.492 e. The van der Waals surface area contributed by atoms with Gasteiger partial charge in [-0.15, -0.1) is 0 Å². The van der Waals surface area contributed by atoms with Crippen LogP contribution in [0, 0.1) is 12.8 Å². The highest BCUT2D eigenvalue weighted by molar-refractivity contribution is 6.42. The number of carbonyl (C=O) groups excluding carboxylic acids is 3. The fourth-order valence-corrected chi connectivity index (χ4v) is 4.28. The summed E-state index contributed by atoms with van der Waals surface area (Å²) in [4.78, 5) is 38.4. The van der Waals surface area contributed by atoms with Gasteiger partial charge in [0.2, 0.25) is 17.7 Å². The number of ether oxygens (including phenoxy) is 1. The summed E-state index contributed by atoms with van der Waals surface area (Å²) in [6, 6.07) is 13.0. The molecular formula is C29H40Cl2N4O4. The van der Waals surface area contributed by atoms with E-state index in [-0.39, 0.29) is 36.7 Å². The molecule has 3 N–H and O–H groups in total. The molecule has 0 saturated heterocycles. The molecule has 0 fully saturated rings. The maximum absolute atomic E-state index is 12.9. The summed E-state index contributed by atoms with van der Waals surface area (Å²) in [7, 11) is 1.60. The molecule has 1 aliphatic rings. The van der Waals surface area contributed by atoms with Gasteiger partial charge in [0.05, 0.1) is 29.2 Å². The predicted octanol–water partition coefficient (Wildman–Crippen LogP) is 4.01. The number of aryl methyl sites for hydroxylation is 2. The van der Waals surface area contributed by atoms with Gasteiger partial charge >= 0.3 is 0 Å². The molecule has 2 aromatic rings. The van der Waals surface area contributed by atoms with Crippen molar-refractivity contribution in [2.24, 2.45) is 5.92 Å². The lowest BCUT2D eigenvalue weighted by Gasteiger charge is -2.28. The van der Waals surface area contributed by atoms with Crippen LogP contribution in [-0.2, 0) is 20.8 Å². The number of hydrogen-bond donors (Lipinski definition) is 3. The Hall–Kier alpha value is -2.81. The molecule has 0 spiro atoms. The molecule has 0 radical (unpaired) electrons. The smallest absolute Gasteiger partial charge is 0.240 e. The monoisotopic (exact) mass is 578 g/mol. The summed E-state index contributed by atoms with van der Waals surface area (Å²) in [5.41, 5.74) is 2.21. The molecule has 39 heavy (non-hydrogen) atoms. The number of halogens is 2. The minimum atomic E-state index is -0.408. The van der Waals surface area contributed by atoms with Gasteiger partial charge in [-0.05, 0) is 55.0 Å². The molecule has 8 nitrogen and oxygen atoms in total. The molecule has 2 unspecified atom stereocenters. The van der Waals surface area contributed by atoms with Crippen molar-refractivity contribution in [2.75, 3.05) is 39.8 Å². The van der Waals surface area contributed by atoms with Crippen molar-refractivity contribution in [3.05, 3.63) is 63.6 Å². The first-order valence-corrected chi connectivity index (χ1v) is 14.0. The average molecular weight is 580 g/mol. The van der Waals surface area contributed by atoms with E-state index in [1.54, 1.807) is 13.1 Å². The van der Waals surface area contributed by atoms with Gasteiger partial charge < -0.3 is 25.6 Å². The molecule has 1 aliphatic heterocycles. The summed E-state index contributed by atoms with van der Waals surface area (Å²) in [6.45, 7) is 7.28. The first-order valence-electron chi connectivity index (χ1n) is 13.3. The third-order valence-electron chi connectivity index (χ3n) is 6.40. The quantitative estimate of drug-likeness (QED) is 0.500. The van der Waals surface area contributed by atoms with Crippen LogP contribution >= 0.6 is 23.2 Å². The second-order valence-electron chi connectivity index (χ2n) is 9.62. The number of nitrogens with zero attached hydrogens (tertiary/aromatic N) is 1. The Bertz CT molecular complexity index is 1100. The van der Waals surface area contributed by atoms with Gasteiger partial charge in [-0.1, -0.05) is 67.7 Å². The van der Waals surface area contributed by atoms with E-state index in [4.69, 9.17) is 27.9 Å². The van der Waals surface area contributed by atoms with E-state index < -0.39 is 6.04 Å². The zero-order chi connectivity index (χ0) is 28.8. The topological polar surface area (TPSA) is 99.8 Å². The number of hydrogen-bond acceptors (Lipinski definition) is 5. The number of rotatable bonds is 2. The van der Waals surface area contributed by atoms with Crippen molar-refractivity contribution >= 4 is 40.9 Å². The summed E-state index contributed by atoms with van der Waals surface area (Å²) in [5, 5.41) is 9.91. The van der Waals surface area contributed by atoms with Crippen LogP contribution in [0.3, 0.4) is 0 Å². The van der Waals surface area contributed by atoms with E-state index in [1.165, 1.54) is 4.90 Å². The standard InChI is InChI=1S/C22H34N4O4.C7H6Cl2/c1-4-16(2)21-22(29)26(3)15-20(28)25-14-19(27)23-11-7-9-17-8-5-6-10-18(17)30-13-12-24-21;1-5-2-3-6(8)7(9)4-5/h5-6,8,10,16,21,24H,4,7,9,11-15H2,1-3H3,(H,23,27)(H,25,28);2-4H,1H3. The first kappa shape index (κ1) is 32.4.